The number of carbonyl (C=O) groups excluding carboxylic acids is 1. The second-order valence-electron chi connectivity index (χ2n) is 3.84. The zero-order valence-corrected chi connectivity index (χ0v) is 9.62. The minimum atomic E-state index is -1.05. The predicted octanol–water partition coefficient (Wildman–Crippen LogP) is 1.20. The Balaban J connectivity index is 2.16. The summed E-state index contributed by atoms with van der Waals surface area (Å²) < 4.78 is 0. The van der Waals surface area contributed by atoms with Crippen molar-refractivity contribution in [3.8, 4) is 0 Å². The van der Waals surface area contributed by atoms with Gasteiger partial charge >= 0.3 is 5.97 Å². The summed E-state index contributed by atoms with van der Waals surface area (Å²) in [6.45, 7) is 1.28. The number of hydrogen-bond acceptors (Lipinski definition) is 3. The average Bonchev–Trinajstić information content (AvgIpc) is 2.18. The van der Waals surface area contributed by atoms with Crippen LogP contribution in [0.4, 0.5) is 5.69 Å². The van der Waals surface area contributed by atoms with E-state index in [1.54, 1.807) is 0 Å². The van der Waals surface area contributed by atoms with Gasteiger partial charge in [0.05, 0.1) is 22.2 Å². The zero-order valence-electron chi connectivity index (χ0n) is 8.87. The molecule has 0 atom stereocenters. The predicted molar refractivity (Wildman–Crippen MR) is 63.4 cm³/mol. The quantitative estimate of drug-likeness (QED) is 0.757. The van der Waals surface area contributed by atoms with E-state index < -0.39 is 5.97 Å². The van der Waals surface area contributed by atoms with Crippen molar-refractivity contribution < 1.29 is 14.7 Å². The van der Waals surface area contributed by atoms with Crippen LogP contribution in [0.5, 0.6) is 0 Å². The van der Waals surface area contributed by atoms with E-state index in [4.69, 9.17) is 16.7 Å². The van der Waals surface area contributed by atoms with Gasteiger partial charge < -0.3 is 15.7 Å². The van der Waals surface area contributed by atoms with Crippen LogP contribution in [0.15, 0.2) is 18.2 Å². The highest BCUT2D eigenvalue weighted by molar-refractivity contribution is 6.33. The second-order valence-corrected chi connectivity index (χ2v) is 4.25. The van der Waals surface area contributed by atoms with Crippen molar-refractivity contribution in [1.29, 1.82) is 0 Å². The Labute approximate surface area is 103 Å². The zero-order chi connectivity index (χ0) is 12.4. The number of carboxylic acids is 1. The first-order chi connectivity index (χ1) is 8.08. The molecular weight excluding hydrogens is 244 g/mol. The van der Waals surface area contributed by atoms with Gasteiger partial charge in [-0.25, -0.2) is 4.79 Å². The lowest BCUT2D eigenvalue weighted by Crippen LogP contribution is -2.48. The van der Waals surface area contributed by atoms with Gasteiger partial charge in [0.25, 0.3) is 0 Å². The molecule has 6 heteroatoms. The summed E-state index contributed by atoms with van der Waals surface area (Å²) in [5.41, 5.74) is 0.430. The molecule has 1 amide bonds. The number of carbonyl (C=O) groups is 2. The van der Waals surface area contributed by atoms with Crippen molar-refractivity contribution in [2.45, 2.75) is 0 Å². The summed E-state index contributed by atoms with van der Waals surface area (Å²) in [5, 5.41) is 14.8. The maximum absolute atomic E-state index is 11.7. The topological polar surface area (TPSA) is 78.4 Å². The lowest BCUT2D eigenvalue weighted by Gasteiger charge is -2.26. The Bertz CT molecular complexity index is 472. The molecule has 2 rings (SSSR count). The highest BCUT2D eigenvalue weighted by Gasteiger charge is 2.25. The van der Waals surface area contributed by atoms with Gasteiger partial charge in [0.2, 0.25) is 5.91 Å². The van der Waals surface area contributed by atoms with Gasteiger partial charge in [-0.15, -0.1) is 0 Å². The first kappa shape index (κ1) is 11.9. The van der Waals surface area contributed by atoms with Crippen molar-refractivity contribution in [3.63, 3.8) is 0 Å². The van der Waals surface area contributed by atoms with E-state index in [1.165, 1.54) is 18.2 Å². The number of rotatable bonds is 3. The highest BCUT2D eigenvalue weighted by Crippen LogP contribution is 2.24. The van der Waals surface area contributed by atoms with Gasteiger partial charge in [-0.1, -0.05) is 11.6 Å². The van der Waals surface area contributed by atoms with Gasteiger partial charge in [-0.3, -0.25) is 4.79 Å². The lowest BCUT2D eigenvalue weighted by atomic mass is 10.0. The van der Waals surface area contributed by atoms with Crippen molar-refractivity contribution in [2.75, 3.05) is 18.4 Å². The molecule has 3 N–H and O–H groups in total. The molecule has 0 unspecified atom stereocenters. The SMILES string of the molecule is O=C(O)c1ccc(Cl)c(NC(=O)C2CNC2)c1. The van der Waals surface area contributed by atoms with E-state index in [0.29, 0.717) is 23.8 Å². The summed E-state index contributed by atoms with van der Waals surface area (Å²) in [6, 6.07) is 4.21. The van der Waals surface area contributed by atoms with Crippen LogP contribution in [0.1, 0.15) is 10.4 Å². The summed E-state index contributed by atoms with van der Waals surface area (Å²) in [5.74, 6) is -1.27. The number of anilines is 1. The van der Waals surface area contributed by atoms with E-state index in [1.807, 2.05) is 0 Å². The Hall–Kier alpha value is -1.59. The molecule has 0 aromatic heterocycles. The smallest absolute Gasteiger partial charge is 0.335 e. The summed E-state index contributed by atoms with van der Waals surface area (Å²) in [4.78, 5) is 22.5. The monoisotopic (exact) mass is 254 g/mol. The molecule has 5 nitrogen and oxygen atoms in total. The first-order valence-electron chi connectivity index (χ1n) is 5.12. The number of aromatic carboxylic acids is 1. The minimum absolute atomic E-state index is 0.0699. The molecule has 1 aliphatic rings. The largest absolute Gasteiger partial charge is 0.478 e. The highest BCUT2D eigenvalue weighted by atomic mass is 35.5. The Kier molecular flexibility index (Phi) is 3.31. The van der Waals surface area contributed by atoms with Crippen LogP contribution in [0, 0.1) is 5.92 Å². The van der Waals surface area contributed by atoms with Crippen molar-refractivity contribution in [3.05, 3.63) is 28.8 Å². The summed E-state index contributed by atoms with van der Waals surface area (Å²) in [7, 11) is 0. The molecule has 0 saturated carbocycles. The molecule has 17 heavy (non-hydrogen) atoms. The van der Waals surface area contributed by atoms with Crippen molar-refractivity contribution in [2.24, 2.45) is 5.92 Å². The third-order valence-corrected chi connectivity index (χ3v) is 2.95. The molecule has 1 aliphatic heterocycles. The van der Waals surface area contributed by atoms with E-state index in [-0.39, 0.29) is 17.4 Å². The maximum Gasteiger partial charge on any atom is 0.335 e. The molecule has 0 radical (unpaired) electrons. The number of nitrogens with one attached hydrogen (secondary N) is 2. The minimum Gasteiger partial charge on any atom is -0.478 e. The van der Waals surface area contributed by atoms with Crippen LogP contribution in [0.3, 0.4) is 0 Å². The molecule has 0 spiro atoms. The first-order valence-corrected chi connectivity index (χ1v) is 5.50. The Morgan fingerprint density at radius 3 is 2.65 bits per heavy atom. The molecule has 1 aromatic carbocycles. The Morgan fingerprint density at radius 1 is 1.41 bits per heavy atom. The fourth-order valence-electron chi connectivity index (χ4n) is 1.46. The van der Waals surface area contributed by atoms with E-state index in [2.05, 4.69) is 10.6 Å². The van der Waals surface area contributed by atoms with Gasteiger partial charge in [0, 0.05) is 13.1 Å². The van der Waals surface area contributed by atoms with Gasteiger partial charge in [0.1, 0.15) is 0 Å². The van der Waals surface area contributed by atoms with Crippen LogP contribution in [-0.4, -0.2) is 30.1 Å². The average molecular weight is 255 g/mol. The summed E-state index contributed by atoms with van der Waals surface area (Å²) in [6.07, 6.45) is 0. The number of halogens is 1. The molecular formula is C11H11ClN2O3. The summed E-state index contributed by atoms with van der Waals surface area (Å²) >= 11 is 5.89. The van der Waals surface area contributed by atoms with Crippen LogP contribution >= 0.6 is 11.6 Å². The van der Waals surface area contributed by atoms with Gasteiger partial charge in [-0.2, -0.15) is 0 Å². The molecule has 1 aromatic rings. The molecule has 1 saturated heterocycles. The lowest BCUT2D eigenvalue weighted by molar-refractivity contribution is -0.121. The van der Waals surface area contributed by atoms with Crippen molar-refractivity contribution >= 4 is 29.2 Å². The number of benzene rings is 1. The van der Waals surface area contributed by atoms with Crippen LogP contribution in [0.2, 0.25) is 5.02 Å². The van der Waals surface area contributed by atoms with E-state index in [0.717, 1.165) is 0 Å². The third kappa shape index (κ3) is 2.57. The molecule has 0 bridgehead atoms. The van der Waals surface area contributed by atoms with Gasteiger partial charge in [0.15, 0.2) is 0 Å². The normalized spacial score (nSPS) is 15.1. The fraction of sp³-hybridized carbons (Fsp3) is 0.273. The molecule has 1 heterocycles. The van der Waals surface area contributed by atoms with Crippen molar-refractivity contribution in [1.82, 2.24) is 5.32 Å². The number of hydrogen-bond donors (Lipinski definition) is 3. The fourth-order valence-corrected chi connectivity index (χ4v) is 1.63. The number of amides is 1. The molecule has 0 aliphatic carbocycles. The third-order valence-electron chi connectivity index (χ3n) is 2.62. The number of carboxylic acid groups (broad SMARTS) is 1. The van der Waals surface area contributed by atoms with Crippen LogP contribution < -0.4 is 10.6 Å². The standard InChI is InChI=1S/C11H11ClN2O3/c12-8-2-1-6(11(16)17)3-9(8)14-10(15)7-4-13-5-7/h1-3,7,13H,4-5H2,(H,14,15)(H,16,17). The van der Waals surface area contributed by atoms with Crippen LogP contribution in [-0.2, 0) is 4.79 Å². The molecule has 1 fully saturated rings. The Morgan fingerprint density at radius 2 is 2.12 bits per heavy atom. The van der Waals surface area contributed by atoms with Gasteiger partial charge in [-0.05, 0) is 18.2 Å². The van der Waals surface area contributed by atoms with E-state index in [9.17, 15) is 9.59 Å². The van der Waals surface area contributed by atoms with E-state index >= 15 is 0 Å². The maximum atomic E-state index is 11.7. The second kappa shape index (κ2) is 4.73. The van der Waals surface area contributed by atoms with Crippen LogP contribution in [0.25, 0.3) is 0 Å². The molecule has 90 valence electrons.